The Labute approximate surface area is 181 Å². The predicted octanol–water partition coefficient (Wildman–Crippen LogP) is 3.41. The second-order valence-electron chi connectivity index (χ2n) is 7.74. The Morgan fingerprint density at radius 3 is 2.72 bits per heavy atom. The smallest absolute Gasteiger partial charge is 0.270 e. The summed E-state index contributed by atoms with van der Waals surface area (Å²) in [4.78, 5) is 30.0. The Morgan fingerprint density at radius 2 is 2.10 bits per heavy atom. The number of piperidine rings is 1. The van der Waals surface area contributed by atoms with Crippen LogP contribution in [0.1, 0.15) is 49.8 Å². The third kappa shape index (κ3) is 3.99. The number of carbonyl (C=O) groups excluding carboxylic acids is 1. The first-order chi connectivity index (χ1) is 13.8. The van der Waals surface area contributed by atoms with E-state index in [0.717, 1.165) is 43.7 Å². The summed E-state index contributed by atoms with van der Waals surface area (Å²) in [5.74, 6) is 1.19. The quantitative estimate of drug-likeness (QED) is 0.539. The molecule has 2 fully saturated rings. The minimum Gasteiger partial charge on any atom is -0.357 e. The summed E-state index contributed by atoms with van der Waals surface area (Å²) in [6.07, 6.45) is 4.85. The lowest BCUT2D eigenvalue weighted by molar-refractivity contribution is -0.122. The number of hydrogen-bond acceptors (Lipinski definition) is 6. The molecule has 2 saturated heterocycles. The van der Waals surface area contributed by atoms with Gasteiger partial charge in [-0.25, -0.2) is 0 Å². The lowest BCUT2D eigenvalue weighted by atomic mass is 9.98. The van der Waals surface area contributed by atoms with Crippen LogP contribution in [0.2, 0.25) is 0 Å². The summed E-state index contributed by atoms with van der Waals surface area (Å²) >= 11 is 6.67. The van der Waals surface area contributed by atoms with Gasteiger partial charge in [0.2, 0.25) is 0 Å². The molecule has 3 rings (SSSR count). The van der Waals surface area contributed by atoms with Crippen molar-refractivity contribution in [1.29, 1.82) is 5.26 Å². The van der Waals surface area contributed by atoms with Crippen LogP contribution >= 0.6 is 24.0 Å². The highest BCUT2D eigenvalue weighted by Gasteiger charge is 2.32. The van der Waals surface area contributed by atoms with E-state index < -0.39 is 0 Å². The molecule has 154 valence electrons. The molecule has 0 saturated carbocycles. The van der Waals surface area contributed by atoms with Gasteiger partial charge in [0.25, 0.3) is 11.5 Å². The number of thioether (sulfide) groups is 1. The molecule has 3 heterocycles. The monoisotopic (exact) mass is 430 g/mol. The van der Waals surface area contributed by atoms with Gasteiger partial charge in [-0.15, -0.1) is 0 Å². The molecule has 29 heavy (non-hydrogen) atoms. The Morgan fingerprint density at radius 1 is 1.38 bits per heavy atom. The maximum Gasteiger partial charge on any atom is 0.270 e. The van der Waals surface area contributed by atoms with Gasteiger partial charge in [0, 0.05) is 32.2 Å². The van der Waals surface area contributed by atoms with Crippen molar-refractivity contribution in [3.63, 3.8) is 0 Å². The van der Waals surface area contributed by atoms with Crippen LogP contribution in [0.15, 0.2) is 9.70 Å². The minimum absolute atomic E-state index is 0.105. The number of rotatable bonds is 4. The zero-order chi connectivity index (χ0) is 21.3. The van der Waals surface area contributed by atoms with E-state index in [1.54, 1.807) is 23.4 Å². The SMILES string of the molecule is CCCN1C(=O)/C(=C\c2c(C)c(C#N)c(=O)n(C)c2N2CCCC(C)C2)SC1=S. The Bertz CT molecular complexity index is 990. The first-order valence-electron chi connectivity index (χ1n) is 9.94. The highest BCUT2D eigenvalue weighted by molar-refractivity contribution is 8.26. The van der Waals surface area contributed by atoms with Crippen molar-refractivity contribution in [1.82, 2.24) is 9.47 Å². The van der Waals surface area contributed by atoms with E-state index in [-0.39, 0.29) is 17.0 Å². The first kappa shape index (κ1) is 21.6. The number of anilines is 1. The number of nitriles is 1. The van der Waals surface area contributed by atoms with Crippen LogP contribution in [-0.2, 0) is 11.8 Å². The van der Waals surface area contributed by atoms with Crippen LogP contribution in [0.5, 0.6) is 0 Å². The number of amides is 1. The van der Waals surface area contributed by atoms with E-state index in [4.69, 9.17) is 12.2 Å². The molecule has 1 atom stereocenters. The van der Waals surface area contributed by atoms with Crippen LogP contribution in [0, 0.1) is 24.2 Å². The van der Waals surface area contributed by atoms with Crippen molar-refractivity contribution in [3.8, 4) is 6.07 Å². The minimum atomic E-state index is -0.297. The fraction of sp³-hybridized carbons (Fsp3) is 0.524. The molecule has 1 unspecified atom stereocenters. The molecule has 0 aliphatic carbocycles. The number of aromatic nitrogens is 1. The van der Waals surface area contributed by atoms with E-state index in [2.05, 4.69) is 11.8 Å². The molecular weight excluding hydrogens is 404 g/mol. The van der Waals surface area contributed by atoms with Gasteiger partial charge in [0.05, 0.1) is 4.91 Å². The van der Waals surface area contributed by atoms with Crippen molar-refractivity contribution < 1.29 is 4.79 Å². The molecule has 1 aromatic rings. The Kier molecular flexibility index (Phi) is 6.49. The van der Waals surface area contributed by atoms with Gasteiger partial charge in [-0.3, -0.25) is 19.1 Å². The molecule has 6 nitrogen and oxygen atoms in total. The highest BCUT2D eigenvalue weighted by Crippen LogP contribution is 2.36. The summed E-state index contributed by atoms with van der Waals surface area (Å²) in [5, 5.41) is 9.56. The maximum absolute atomic E-state index is 12.9. The molecule has 1 aromatic heterocycles. The van der Waals surface area contributed by atoms with Gasteiger partial charge in [-0.1, -0.05) is 37.8 Å². The number of nitrogens with zero attached hydrogens (tertiary/aromatic N) is 4. The molecule has 2 aliphatic heterocycles. The fourth-order valence-electron chi connectivity index (χ4n) is 4.02. The maximum atomic E-state index is 12.9. The summed E-state index contributed by atoms with van der Waals surface area (Å²) in [5.41, 5.74) is 1.20. The average Bonchev–Trinajstić information content (AvgIpc) is 2.94. The highest BCUT2D eigenvalue weighted by atomic mass is 32.2. The van der Waals surface area contributed by atoms with E-state index in [9.17, 15) is 14.9 Å². The third-order valence-electron chi connectivity index (χ3n) is 5.52. The van der Waals surface area contributed by atoms with Crippen LogP contribution in [0.3, 0.4) is 0 Å². The molecule has 0 aromatic carbocycles. The van der Waals surface area contributed by atoms with Crippen LogP contribution in [0.4, 0.5) is 5.82 Å². The summed E-state index contributed by atoms with van der Waals surface area (Å²) < 4.78 is 2.11. The lowest BCUT2D eigenvalue weighted by Crippen LogP contribution is -2.39. The standard InChI is InChI=1S/C21H26N4O2S2/c1-5-8-25-20(27)17(29-21(25)28)10-15-14(3)16(11-22)19(26)23(4)18(15)24-9-6-7-13(2)12-24/h10,13H,5-9,12H2,1-4H3/b17-10+. The van der Waals surface area contributed by atoms with Crippen molar-refractivity contribution in [2.75, 3.05) is 24.5 Å². The summed E-state index contributed by atoms with van der Waals surface area (Å²) in [7, 11) is 1.71. The van der Waals surface area contributed by atoms with Gasteiger partial charge in [0.1, 0.15) is 21.8 Å². The number of carbonyl (C=O) groups is 1. The molecule has 0 spiro atoms. The summed E-state index contributed by atoms with van der Waals surface area (Å²) in [6, 6.07) is 2.05. The lowest BCUT2D eigenvalue weighted by Gasteiger charge is -2.35. The zero-order valence-corrected chi connectivity index (χ0v) is 19.0. The topological polar surface area (TPSA) is 69.3 Å². The van der Waals surface area contributed by atoms with Crippen molar-refractivity contribution in [2.24, 2.45) is 13.0 Å². The van der Waals surface area contributed by atoms with Crippen LogP contribution < -0.4 is 10.5 Å². The molecular formula is C21H26N4O2S2. The predicted molar refractivity (Wildman–Crippen MR) is 122 cm³/mol. The van der Waals surface area contributed by atoms with Crippen LogP contribution in [-0.4, -0.2) is 39.3 Å². The van der Waals surface area contributed by atoms with Gasteiger partial charge in [-0.2, -0.15) is 5.26 Å². The average molecular weight is 431 g/mol. The molecule has 1 amide bonds. The molecule has 0 radical (unpaired) electrons. The molecule has 8 heteroatoms. The first-order valence-corrected chi connectivity index (χ1v) is 11.2. The van der Waals surface area contributed by atoms with Gasteiger partial charge < -0.3 is 4.90 Å². The van der Waals surface area contributed by atoms with Gasteiger partial charge in [0.15, 0.2) is 0 Å². The van der Waals surface area contributed by atoms with Crippen molar-refractivity contribution in [2.45, 2.75) is 40.0 Å². The van der Waals surface area contributed by atoms with E-state index in [1.807, 2.05) is 19.1 Å². The third-order valence-corrected chi connectivity index (χ3v) is 6.90. The number of pyridine rings is 1. The zero-order valence-electron chi connectivity index (χ0n) is 17.3. The number of hydrogen-bond donors (Lipinski definition) is 0. The van der Waals surface area contributed by atoms with E-state index in [0.29, 0.717) is 27.3 Å². The van der Waals surface area contributed by atoms with Crippen molar-refractivity contribution >= 4 is 46.1 Å². The van der Waals surface area contributed by atoms with E-state index in [1.165, 1.54) is 11.8 Å². The normalized spacial score (nSPS) is 21.2. The summed E-state index contributed by atoms with van der Waals surface area (Å²) in [6.45, 7) is 8.28. The second kappa shape index (κ2) is 8.72. The Balaban J connectivity index is 2.18. The van der Waals surface area contributed by atoms with Gasteiger partial charge in [-0.05, 0) is 43.7 Å². The largest absolute Gasteiger partial charge is 0.357 e. The molecule has 2 aliphatic rings. The second-order valence-corrected chi connectivity index (χ2v) is 9.42. The van der Waals surface area contributed by atoms with Crippen molar-refractivity contribution in [3.05, 3.63) is 31.9 Å². The molecule has 0 N–H and O–H groups in total. The fourth-order valence-corrected chi connectivity index (χ4v) is 5.31. The Hall–Kier alpha value is -2.11. The number of thiocarbonyl (C=S) groups is 1. The van der Waals surface area contributed by atoms with Gasteiger partial charge >= 0.3 is 0 Å². The van der Waals surface area contributed by atoms with E-state index >= 15 is 0 Å². The van der Waals surface area contributed by atoms with Crippen LogP contribution in [0.25, 0.3) is 6.08 Å². The molecule has 0 bridgehead atoms.